The third kappa shape index (κ3) is 6.48. The summed E-state index contributed by atoms with van der Waals surface area (Å²) in [5.41, 5.74) is 5.38. The number of nitrogens with zero attached hydrogens (tertiary/aromatic N) is 1. The van der Waals surface area contributed by atoms with Gasteiger partial charge in [-0.15, -0.1) is 0 Å². The average molecular weight is 245 g/mol. The first-order chi connectivity index (χ1) is 7.97. The molecular formula is C12H27N3O2. The maximum Gasteiger partial charge on any atom is 0.144 e. The summed E-state index contributed by atoms with van der Waals surface area (Å²) in [5, 5.41) is 15.2. The van der Waals surface area contributed by atoms with Crippen LogP contribution in [0.15, 0.2) is 5.16 Å². The van der Waals surface area contributed by atoms with E-state index in [9.17, 15) is 0 Å². The Bertz CT molecular complexity index is 230. The number of nitrogens with one attached hydrogen (secondary N) is 1. The molecular weight excluding hydrogens is 218 g/mol. The number of oxime groups is 1. The second kappa shape index (κ2) is 8.31. The Morgan fingerprint density at radius 1 is 1.53 bits per heavy atom. The molecule has 0 fully saturated rings. The fourth-order valence-corrected chi connectivity index (χ4v) is 1.62. The molecule has 0 saturated carbocycles. The van der Waals surface area contributed by atoms with Gasteiger partial charge in [-0.2, -0.15) is 0 Å². The van der Waals surface area contributed by atoms with Gasteiger partial charge in [0, 0.05) is 18.6 Å². The average Bonchev–Trinajstić information content (AvgIpc) is 2.31. The van der Waals surface area contributed by atoms with Crippen LogP contribution in [0.4, 0.5) is 0 Å². The molecule has 0 saturated heterocycles. The number of amidine groups is 1. The Morgan fingerprint density at radius 2 is 2.18 bits per heavy atom. The smallest absolute Gasteiger partial charge is 0.144 e. The van der Waals surface area contributed by atoms with E-state index in [1.165, 1.54) is 0 Å². The van der Waals surface area contributed by atoms with Crippen LogP contribution in [-0.4, -0.2) is 37.3 Å². The van der Waals surface area contributed by atoms with Crippen molar-refractivity contribution in [3.8, 4) is 0 Å². The van der Waals surface area contributed by atoms with Crippen LogP contribution in [0.5, 0.6) is 0 Å². The van der Waals surface area contributed by atoms with E-state index >= 15 is 0 Å². The highest BCUT2D eigenvalue weighted by atomic mass is 16.5. The number of hydrogen-bond donors (Lipinski definition) is 3. The second-order valence-corrected chi connectivity index (χ2v) is 4.99. The van der Waals surface area contributed by atoms with Crippen molar-refractivity contribution in [3.05, 3.63) is 0 Å². The van der Waals surface area contributed by atoms with E-state index in [0.717, 1.165) is 32.4 Å². The molecule has 1 atom stereocenters. The van der Waals surface area contributed by atoms with Gasteiger partial charge in [0.1, 0.15) is 5.84 Å². The Kier molecular flexibility index (Phi) is 7.91. The Hall–Kier alpha value is -0.810. The summed E-state index contributed by atoms with van der Waals surface area (Å²) in [4.78, 5) is 0. The van der Waals surface area contributed by atoms with Crippen LogP contribution in [0.2, 0.25) is 0 Å². The molecule has 4 N–H and O–H groups in total. The molecule has 1 unspecified atom stereocenters. The van der Waals surface area contributed by atoms with Crippen molar-refractivity contribution >= 4 is 5.84 Å². The predicted molar refractivity (Wildman–Crippen MR) is 70.4 cm³/mol. The molecule has 5 nitrogen and oxygen atoms in total. The van der Waals surface area contributed by atoms with Crippen molar-refractivity contribution < 1.29 is 9.94 Å². The highest BCUT2D eigenvalue weighted by Crippen LogP contribution is 2.21. The Labute approximate surface area is 104 Å². The van der Waals surface area contributed by atoms with Gasteiger partial charge in [0.25, 0.3) is 0 Å². The molecule has 17 heavy (non-hydrogen) atoms. The molecule has 102 valence electrons. The van der Waals surface area contributed by atoms with Crippen LogP contribution < -0.4 is 11.1 Å². The maximum absolute atomic E-state index is 8.65. The van der Waals surface area contributed by atoms with E-state index in [2.05, 4.69) is 17.4 Å². The second-order valence-electron chi connectivity index (χ2n) is 4.99. The van der Waals surface area contributed by atoms with Crippen LogP contribution >= 0.6 is 0 Å². The quantitative estimate of drug-likeness (QED) is 0.189. The van der Waals surface area contributed by atoms with Gasteiger partial charge in [-0.05, 0) is 25.8 Å². The van der Waals surface area contributed by atoms with E-state index < -0.39 is 0 Å². The third-order valence-corrected chi connectivity index (χ3v) is 3.07. The molecule has 0 amide bonds. The summed E-state index contributed by atoms with van der Waals surface area (Å²) in [6.45, 7) is 7.75. The van der Waals surface area contributed by atoms with E-state index in [-0.39, 0.29) is 5.41 Å². The van der Waals surface area contributed by atoms with Crippen LogP contribution in [-0.2, 0) is 4.74 Å². The fourth-order valence-electron chi connectivity index (χ4n) is 1.62. The minimum Gasteiger partial charge on any atom is -0.409 e. The predicted octanol–water partition coefficient (Wildman–Crippen LogP) is 1.55. The molecule has 0 aromatic rings. The van der Waals surface area contributed by atoms with Gasteiger partial charge in [0.15, 0.2) is 0 Å². The number of ether oxygens (including phenoxy) is 1. The van der Waals surface area contributed by atoms with Gasteiger partial charge < -0.3 is 21.0 Å². The molecule has 5 heteroatoms. The van der Waals surface area contributed by atoms with E-state index in [4.69, 9.17) is 15.7 Å². The molecule has 0 aromatic heterocycles. The summed E-state index contributed by atoms with van der Waals surface area (Å²) in [6, 6.07) is 0.409. The lowest BCUT2D eigenvalue weighted by molar-refractivity contribution is 0.164. The normalized spacial score (nSPS) is 14.9. The van der Waals surface area contributed by atoms with Crippen LogP contribution in [0.25, 0.3) is 0 Å². The summed E-state index contributed by atoms with van der Waals surface area (Å²) in [7, 11) is 1.71. The zero-order chi connectivity index (χ0) is 13.3. The first-order valence-electron chi connectivity index (χ1n) is 6.18. The van der Waals surface area contributed by atoms with Gasteiger partial charge in [-0.1, -0.05) is 25.9 Å². The first kappa shape index (κ1) is 16.2. The largest absolute Gasteiger partial charge is 0.409 e. The topological polar surface area (TPSA) is 79.9 Å². The van der Waals surface area contributed by atoms with Crippen LogP contribution in [0, 0.1) is 5.41 Å². The summed E-state index contributed by atoms with van der Waals surface area (Å²) < 4.78 is 5.11. The SMILES string of the molecule is CCC(COC)NCCCC(C)(C)C(N)=NO. The number of methoxy groups -OCH3 is 1. The van der Waals surface area contributed by atoms with E-state index in [1.807, 2.05) is 13.8 Å². The standard InChI is InChI=1S/C12H27N3O2/c1-5-10(9-17-4)14-8-6-7-12(2,3)11(13)15-16/h10,14,16H,5-9H2,1-4H3,(H2,13,15). The lowest BCUT2D eigenvalue weighted by Crippen LogP contribution is -2.35. The molecule has 0 spiro atoms. The molecule has 0 bridgehead atoms. The molecule has 0 heterocycles. The summed E-state index contributed by atoms with van der Waals surface area (Å²) in [6.07, 6.45) is 2.93. The van der Waals surface area contributed by atoms with Gasteiger partial charge in [-0.25, -0.2) is 0 Å². The zero-order valence-electron chi connectivity index (χ0n) is 11.5. The molecule has 0 rings (SSSR count). The highest BCUT2D eigenvalue weighted by molar-refractivity contribution is 5.85. The molecule has 0 aliphatic rings. The van der Waals surface area contributed by atoms with E-state index in [1.54, 1.807) is 7.11 Å². The lowest BCUT2D eigenvalue weighted by atomic mass is 9.86. The number of hydrogen-bond acceptors (Lipinski definition) is 4. The molecule has 0 aliphatic carbocycles. The minimum atomic E-state index is -0.251. The summed E-state index contributed by atoms with van der Waals surface area (Å²) >= 11 is 0. The molecule has 0 aromatic carbocycles. The van der Waals surface area contributed by atoms with Crippen molar-refractivity contribution in [3.63, 3.8) is 0 Å². The summed E-state index contributed by atoms with van der Waals surface area (Å²) in [5.74, 6) is 0.293. The maximum atomic E-state index is 8.65. The molecule has 0 radical (unpaired) electrons. The Morgan fingerprint density at radius 3 is 2.65 bits per heavy atom. The van der Waals surface area contributed by atoms with Gasteiger partial charge >= 0.3 is 0 Å². The first-order valence-corrected chi connectivity index (χ1v) is 6.18. The van der Waals surface area contributed by atoms with Crippen molar-refractivity contribution in [1.29, 1.82) is 0 Å². The highest BCUT2D eigenvalue weighted by Gasteiger charge is 2.22. The third-order valence-electron chi connectivity index (χ3n) is 3.07. The lowest BCUT2D eigenvalue weighted by Gasteiger charge is -2.23. The van der Waals surface area contributed by atoms with Crippen LogP contribution in [0.1, 0.15) is 40.0 Å². The number of nitrogens with two attached hydrogens (primary N) is 1. The zero-order valence-corrected chi connectivity index (χ0v) is 11.5. The van der Waals surface area contributed by atoms with E-state index in [0.29, 0.717) is 11.9 Å². The van der Waals surface area contributed by atoms with Crippen molar-refractivity contribution in [1.82, 2.24) is 5.32 Å². The monoisotopic (exact) mass is 245 g/mol. The van der Waals surface area contributed by atoms with Gasteiger partial charge in [0.05, 0.1) is 6.61 Å². The minimum absolute atomic E-state index is 0.251. The fraction of sp³-hybridized carbons (Fsp3) is 0.917. The van der Waals surface area contributed by atoms with Crippen molar-refractivity contribution in [2.45, 2.75) is 46.1 Å². The Balaban J connectivity index is 3.84. The molecule has 0 aliphatic heterocycles. The number of rotatable bonds is 9. The van der Waals surface area contributed by atoms with Crippen molar-refractivity contribution in [2.24, 2.45) is 16.3 Å². The van der Waals surface area contributed by atoms with Gasteiger partial charge in [-0.3, -0.25) is 0 Å². The van der Waals surface area contributed by atoms with Gasteiger partial charge in [0.2, 0.25) is 0 Å². The van der Waals surface area contributed by atoms with Crippen molar-refractivity contribution in [2.75, 3.05) is 20.3 Å². The van der Waals surface area contributed by atoms with Crippen LogP contribution in [0.3, 0.4) is 0 Å².